The van der Waals surface area contributed by atoms with Crippen LogP contribution in [-0.4, -0.2) is 29.2 Å². The Morgan fingerprint density at radius 1 is 1.48 bits per heavy atom. The van der Waals surface area contributed by atoms with Crippen LogP contribution in [0.15, 0.2) is 42.1 Å². The van der Waals surface area contributed by atoms with E-state index in [0.717, 1.165) is 13.2 Å². The third-order valence-corrected chi connectivity index (χ3v) is 3.31. The summed E-state index contributed by atoms with van der Waals surface area (Å²) >= 11 is 0. The summed E-state index contributed by atoms with van der Waals surface area (Å²) in [6, 6.07) is 5.66. The number of nitrogens with zero attached hydrogens (tertiary/aromatic N) is 1. The van der Waals surface area contributed by atoms with Gasteiger partial charge >= 0.3 is 5.70 Å². The van der Waals surface area contributed by atoms with Crippen LogP contribution in [0.25, 0.3) is 5.57 Å². The van der Waals surface area contributed by atoms with Gasteiger partial charge in [-0.05, 0) is 11.6 Å². The molecule has 1 aromatic rings. The van der Waals surface area contributed by atoms with E-state index in [1.807, 2.05) is 0 Å². The molecule has 21 heavy (non-hydrogen) atoms. The minimum absolute atomic E-state index is 0.0989. The Balaban J connectivity index is 2.62. The molecule has 0 saturated heterocycles. The molecule has 0 aliphatic heterocycles. The first-order chi connectivity index (χ1) is 9.93. The molecule has 0 heterocycles. The Morgan fingerprint density at radius 3 is 2.67 bits per heavy atom. The molecule has 0 aromatic heterocycles. The van der Waals surface area contributed by atoms with Crippen LogP contribution in [0.5, 0.6) is 0 Å². The quantitative estimate of drug-likeness (QED) is 0.393. The predicted octanol–water partition coefficient (Wildman–Crippen LogP) is 1.53. The number of allylic oxidation sites excluding steroid dienone is 2. The van der Waals surface area contributed by atoms with Crippen LogP contribution >= 0.6 is 0 Å². The van der Waals surface area contributed by atoms with Crippen LogP contribution < -0.4 is 0 Å². The number of nitro groups is 1. The summed E-state index contributed by atoms with van der Waals surface area (Å²) in [5.74, 6) is -4.28. The molecular weight excluding hydrogens is 281 g/mol. The minimum Gasteiger partial charge on any atom is -0.356 e. The van der Waals surface area contributed by atoms with Crippen LogP contribution in [0, 0.1) is 21.8 Å². The largest absolute Gasteiger partial charge is 0.356 e. The SMILES string of the molecule is COC1(O)C([N+](=O)[O-])=CC(c2ccccc2F)=CC1C=O. The molecule has 0 saturated carbocycles. The van der Waals surface area contributed by atoms with Crippen molar-refractivity contribution in [2.24, 2.45) is 5.92 Å². The number of aldehydes is 1. The van der Waals surface area contributed by atoms with E-state index >= 15 is 0 Å². The van der Waals surface area contributed by atoms with E-state index in [1.54, 1.807) is 6.07 Å². The number of carbonyl (C=O) groups is 1. The van der Waals surface area contributed by atoms with Crippen molar-refractivity contribution in [3.05, 3.63) is 63.6 Å². The number of ether oxygens (including phenoxy) is 1. The van der Waals surface area contributed by atoms with E-state index in [1.165, 1.54) is 24.3 Å². The lowest BCUT2D eigenvalue weighted by Gasteiger charge is -2.30. The van der Waals surface area contributed by atoms with Gasteiger partial charge in [-0.15, -0.1) is 0 Å². The van der Waals surface area contributed by atoms with Crippen LogP contribution in [0.3, 0.4) is 0 Å². The van der Waals surface area contributed by atoms with Gasteiger partial charge in [0.1, 0.15) is 12.1 Å². The van der Waals surface area contributed by atoms with Gasteiger partial charge < -0.3 is 14.6 Å². The molecule has 0 spiro atoms. The molecule has 2 rings (SSSR count). The number of aliphatic hydroxyl groups is 1. The van der Waals surface area contributed by atoms with Crippen molar-refractivity contribution in [1.29, 1.82) is 0 Å². The molecule has 1 aromatic carbocycles. The maximum Gasteiger partial charge on any atom is 0.306 e. The Morgan fingerprint density at radius 2 is 2.14 bits per heavy atom. The van der Waals surface area contributed by atoms with Crippen molar-refractivity contribution in [2.75, 3.05) is 7.11 Å². The summed E-state index contributed by atoms with van der Waals surface area (Å²) in [6.45, 7) is 0. The first kappa shape index (κ1) is 15.0. The maximum atomic E-state index is 13.8. The van der Waals surface area contributed by atoms with Gasteiger partial charge in [0.15, 0.2) is 0 Å². The van der Waals surface area contributed by atoms with E-state index in [4.69, 9.17) is 4.74 Å². The first-order valence-electron chi connectivity index (χ1n) is 6.00. The highest BCUT2D eigenvalue weighted by atomic mass is 19.1. The number of hydrogen-bond acceptors (Lipinski definition) is 5. The summed E-state index contributed by atoms with van der Waals surface area (Å²) in [4.78, 5) is 21.4. The molecule has 2 atom stereocenters. The summed E-state index contributed by atoms with van der Waals surface area (Å²) in [5, 5.41) is 21.3. The van der Waals surface area contributed by atoms with Crippen LogP contribution in [0.1, 0.15) is 5.56 Å². The van der Waals surface area contributed by atoms with Gasteiger partial charge in [-0.1, -0.05) is 24.3 Å². The van der Waals surface area contributed by atoms with Crippen molar-refractivity contribution in [3.63, 3.8) is 0 Å². The van der Waals surface area contributed by atoms with Crippen molar-refractivity contribution >= 4 is 11.9 Å². The zero-order valence-electron chi connectivity index (χ0n) is 11.0. The second-order valence-corrected chi connectivity index (χ2v) is 4.45. The number of hydrogen-bond donors (Lipinski definition) is 1. The highest BCUT2D eigenvalue weighted by Crippen LogP contribution is 2.37. The Kier molecular flexibility index (Phi) is 3.97. The maximum absolute atomic E-state index is 13.8. The lowest BCUT2D eigenvalue weighted by atomic mass is 9.86. The second kappa shape index (κ2) is 5.55. The van der Waals surface area contributed by atoms with E-state index in [-0.39, 0.29) is 11.1 Å². The Hall–Kier alpha value is -2.38. The molecular formula is C14H12FNO5. The first-order valence-corrected chi connectivity index (χ1v) is 6.00. The number of halogens is 1. The molecule has 0 fully saturated rings. The van der Waals surface area contributed by atoms with Gasteiger partial charge in [-0.3, -0.25) is 10.1 Å². The molecule has 1 aliphatic carbocycles. The number of carbonyl (C=O) groups excluding carboxylic acids is 1. The molecule has 110 valence electrons. The van der Waals surface area contributed by atoms with Crippen molar-refractivity contribution in [3.8, 4) is 0 Å². The van der Waals surface area contributed by atoms with Gasteiger partial charge in [0, 0.05) is 18.7 Å². The van der Waals surface area contributed by atoms with Crippen molar-refractivity contribution in [1.82, 2.24) is 0 Å². The molecule has 0 amide bonds. The topological polar surface area (TPSA) is 89.7 Å². The fourth-order valence-corrected chi connectivity index (χ4v) is 2.19. The van der Waals surface area contributed by atoms with Crippen LogP contribution in [0.2, 0.25) is 0 Å². The van der Waals surface area contributed by atoms with Gasteiger partial charge in [0.05, 0.1) is 10.8 Å². The molecule has 6 nitrogen and oxygen atoms in total. The molecule has 1 N–H and O–H groups in total. The highest BCUT2D eigenvalue weighted by Gasteiger charge is 2.50. The van der Waals surface area contributed by atoms with Crippen molar-refractivity contribution in [2.45, 2.75) is 5.79 Å². The average Bonchev–Trinajstić information content (AvgIpc) is 2.47. The smallest absolute Gasteiger partial charge is 0.306 e. The monoisotopic (exact) mass is 293 g/mol. The Labute approximate surface area is 119 Å². The lowest BCUT2D eigenvalue weighted by Crippen LogP contribution is -2.46. The molecule has 7 heteroatoms. The summed E-state index contributed by atoms with van der Waals surface area (Å²) in [6.07, 6.45) is 2.56. The van der Waals surface area contributed by atoms with Gasteiger partial charge in [0.25, 0.3) is 5.79 Å². The van der Waals surface area contributed by atoms with Crippen LogP contribution in [0.4, 0.5) is 4.39 Å². The molecule has 0 bridgehead atoms. The normalized spacial score (nSPS) is 25.0. The fourth-order valence-electron chi connectivity index (χ4n) is 2.19. The molecule has 2 unspecified atom stereocenters. The lowest BCUT2D eigenvalue weighted by molar-refractivity contribution is -0.464. The minimum atomic E-state index is -2.37. The van der Waals surface area contributed by atoms with E-state index < -0.39 is 28.1 Å². The average molecular weight is 293 g/mol. The number of rotatable bonds is 4. The second-order valence-electron chi connectivity index (χ2n) is 4.45. The Bertz CT molecular complexity index is 655. The number of methoxy groups -OCH3 is 1. The zero-order valence-corrected chi connectivity index (χ0v) is 11.0. The molecule has 0 radical (unpaired) electrons. The number of benzene rings is 1. The third kappa shape index (κ3) is 2.48. The standard InChI is InChI=1S/C14H12FNO5/c1-21-14(18)10(8-17)6-9(7-13(14)16(19)20)11-4-2-3-5-12(11)15/h2-8,10,18H,1H3. The zero-order chi connectivity index (χ0) is 15.6. The van der Waals surface area contributed by atoms with Gasteiger partial charge in [-0.2, -0.15) is 0 Å². The summed E-state index contributed by atoms with van der Waals surface area (Å²) in [5.41, 5.74) is -0.483. The predicted molar refractivity (Wildman–Crippen MR) is 71.0 cm³/mol. The highest BCUT2D eigenvalue weighted by molar-refractivity contribution is 5.80. The fraction of sp³-hybridized carbons (Fsp3) is 0.214. The van der Waals surface area contributed by atoms with Crippen LogP contribution in [-0.2, 0) is 9.53 Å². The summed E-state index contributed by atoms with van der Waals surface area (Å²) in [7, 11) is 1.05. The van der Waals surface area contributed by atoms with Gasteiger partial charge in [-0.25, -0.2) is 4.39 Å². The van der Waals surface area contributed by atoms with E-state index in [9.17, 15) is 24.4 Å². The summed E-state index contributed by atoms with van der Waals surface area (Å²) < 4.78 is 18.5. The van der Waals surface area contributed by atoms with Crippen molar-refractivity contribution < 1.29 is 24.0 Å². The van der Waals surface area contributed by atoms with E-state index in [2.05, 4.69) is 0 Å². The third-order valence-electron chi connectivity index (χ3n) is 3.31. The molecule has 1 aliphatic rings. The van der Waals surface area contributed by atoms with E-state index in [0.29, 0.717) is 6.29 Å². The van der Waals surface area contributed by atoms with Gasteiger partial charge in [0.2, 0.25) is 0 Å².